The summed E-state index contributed by atoms with van der Waals surface area (Å²) in [5, 5.41) is 0. The highest BCUT2D eigenvalue weighted by atomic mass is 32.2. The van der Waals surface area contributed by atoms with Gasteiger partial charge < -0.3 is 4.74 Å². The third-order valence-corrected chi connectivity index (χ3v) is 7.01. The molecule has 0 aliphatic carbocycles. The molecule has 1 saturated heterocycles. The van der Waals surface area contributed by atoms with Crippen molar-refractivity contribution in [3.8, 4) is 0 Å². The maximum atomic E-state index is 13.5. The van der Waals surface area contributed by atoms with E-state index < -0.39 is 10.0 Å². The molecule has 0 N–H and O–H groups in total. The van der Waals surface area contributed by atoms with Crippen molar-refractivity contribution >= 4 is 10.0 Å². The number of hydrogen-bond acceptors (Lipinski definition) is 3. The van der Waals surface area contributed by atoms with Gasteiger partial charge in [0.2, 0.25) is 0 Å². The van der Waals surface area contributed by atoms with E-state index >= 15 is 0 Å². The molecule has 0 radical (unpaired) electrons. The van der Waals surface area contributed by atoms with Gasteiger partial charge in [0, 0.05) is 12.1 Å². The molecule has 140 valence electrons. The van der Waals surface area contributed by atoms with Crippen LogP contribution in [0.3, 0.4) is 0 Å². The van der Waals surface area contributed by atoms with Gasteiger partial charge in [-0.15, -0.1) is 0 Å². The Morgan fingerprint density at radius 2 is 1.70 bits per heavy atom. The molecule has 1 fully saturated rings. The molecule has 0 bridgehead atoms. The van der Waals surface area contributed by atoms with Crippen molar-refractivity contribution in [3.05, 3.63) is 89.6 Å². The van der Waals surface area contributed by atoms with Gasteiger partial charge in [0.15, 0.2) is 0 Å². The second-order valence-corrected chi connectivity index (χ2v) is 8.98. The molecule has 5 heteroatoms. The van der Waals surface area contributed by atoms with Crippen molar-refractivity contribution in [2.45, 2.75) is 30.9 Å². The zero-order valence-electron chi connectivity index (χ0n) is 15.4. The fourth-order valence-corrected chi connectivity index (χ4v) is 5.13. The molecule has 0 unspecified atom stereocenters. The lowest BCUT2D eigenvalue weighted by atomic mass is 9.97. The third kappa shape index (κ3) is 3.33. The van der Waals surface area contributed by atoms with Crippen LogP contribution in [0.1, 0.15) is 24.1 Å². The highest BCUT2D eigenvalue weighted by Gasteiger charge is 2.35. The van der Waals surface area contributed by atoms with Crippen LogP contribution in [0.5, 0.6) is 0 Å². The van der Waals surface area contributed by atoms with Crippen LogP contribution >= 0.6 is 0 Å². The normalized spacial score (nSPS) is 25.0. The largest absolute Gasteiger partial charge is 0.373 e. The van der Waals surface area contributed by atoms with Crippen molar-refractivity contribution in [2.75, 3.05) is 6.61 Å². The van der Waals surface area contributed by atoms with Crippen LogP contribution in [0.4, 0.5) is 0 Å². The SMILES string of the molecule is Cc1ccc(S(=O)(=O)N2C=C3CO[C@@H](C)[C@@H]3C=C[C@@H]2c2ccccc2)cc1. The van der Waals surface area contributed by atoms with Crippen LogP contribution in [-0.4, -0.2) is 25.4 Å². The Bertz CT molecular complexity index is 978. The van der Waals surface area contributed by atoms with Gasteiger partial charge in [-0.1, -0.05) is 60.2 Å². The number of rotatable bonds is 3. The molecular formula is C22H23NO3S. The van der Waals surface area contributed by atoms with Crippen LogP contribution < -0.4 is 0 Å². The van der Waals surface area contributed by atoms with Crippen molar-refractivity contribution in [3.63, 3.8) is 0 Å². The van der Waals surface area contributed by atoms with E-state index in [-0.39, 0.29) is 18.1 Å². The van der Waals surface area contributed by atoms with Crippen molar-refractivity contribution in [1.82, 2.24) is 4.31 Å². The predicted molar refractivity (Wildman–Crippen MR) is 106 cm³/mol. The molecule has 0 spiro atoms. The molecular weight excluding hydrogens is 358 g/mol. The van der Waals surface area contributed by atoms with E-state index in [2.05, 4.69) is 6.08 Å². The van der Waals surface area contributed by atoms with E-state index in [1.165, 1.54) is 4.31 Å². The number of sulfonamides is 1. The predicted octanol–water partition coefficient (Wildman–Crippen LogP) is 4.22. The van der Waals surface area contributed by atoms with E-state index in [1.54, 1.807) is 18.3 Å². The highest BCUT2D eigenvalue weighted by Crippen LogP contribution is 2.37. The zero-order chi connectivity index (χ0) is 19.0. The molecule has 0 aromatic heterocycles. The molecule has 3 atom stereocenters. The second-order valence-electron chi connectivity index (χ2n) is 7.13. The van der Waals surface area contributed by atoms with Gasteiger partial charge in [-0.05, 0) is 37.1 Å². The quantitative estimate of drug-likeness (QED) is 0.748. The lowest BCUT2D eigenvalue weighted by Gasteiger charge is -2.28. The molecule has 2 heterocycles. The number of ether oxygens (including phenoxy) is 1. The molecule has 0 amide bonds. The Balaban J connectivity index is 1.85. The summed E-state index contributed by atoms with van der Waals surface area (Å²) in [6.07, 6.45) is 5.90. The summed E-state index contributed by atoms with van der Waals surface area (Å²) in [5.41, 5.74) is 2.96. The van der Waals surface area contributed by atoms with Crippen molar-refractivity contribution < 1.29 is 13.2 Å². The minimum Gasteiger partial charge on any atom is -0.373 e. The highest BCUT2D eigenvalue weighted by molar-refractivity contribution is 7.89. The maximum Gasteiger partial charge on any atom is 0.264 e. The number of benzene rings is 2. The topological polar surface area (TPSA) is 46.6 Å². The van der Waals surface area contributed by atoms with Crippen molar-refractivity contribution in [1.29, 1.82) is 0 Å². The Morgan fingerprint density at radius 1 is 1.00 bits per heavy atom. The van der Waals surface area contributed by atoms with E-state index in [0.717, 1.165) is 16.7 Å². The Labute approximate surface area is 160 Å². The molecule has 2 aromatic carbocycles. The third-order valence-electron chi connectivity index (χ3n) is 5.25. The molecule has 2 aliphatic rings. The minimum absolute atomic E-state index is 0.0472. The molecule has 0 saturated carbocycles. The van der Waals surface area contributed by atoms with Gasteiger partial charge >= 0.3 is 0 Å². The monoisotopic (exact) mass is 381 g/mol. The molecule has 2 aliphatic heterocycles. The maximum absolute atomic E-state index is 13.5. The number of hydrogen-bond donors (Lipinski definition) is 0. The minimum atomic E-state index is -3.71. The summed E-state index contributed by atoms with van der Waals surface area (Å²) in [6, 6.07) is 16.3. The van der Waals surface area contributed by atoms with Crippen LogP contribution in [0.15, 0.2) is 83.4 Å². The van der Waals surface area contributed by atoms with Crippen LogP contribution in [-0.2, 0) is 14.8 Å². The molecule has 2 aromatic rings. The molecule has 4 rings (SSSR count). The Hall–Kier alpha value is -2.37. The van der Waals surface area contributed by atoms with Crippen LogP contribution in [0, 0.1) is 12.8 Å². The summed E-state index contributed by atoms with van der Waals surface area (Å²) in [4.78, 5) is 0.296. The van der Waals surface area contributed by atoms with Gasteiger partial charge in [-0.25, -0.2) is 8.42 Å². The summed E-state index contributed by atoms with van der Waals surface area (Å²) in [6.45, 7) is 4.43. The summed E-state index contributed by atoms with van der Waals surface area (Å²) >= 11 is 0. The average molecular weight is 381 g/mol. The van der Waals surface area contributed by atoms with Crippen LogP contribution in [0.25, 0.3) is 0 Å². The molecule has 4 nitrogen and oxygen atoms in total. The fourth-order valence-electron chi connectivity index (χ4n) is 3.65. The Kier molecular flexibility index (Phi) is 4.66. The van der Waals surface area contributed by atoms with E-state index in [1.807, 2.05) is 62.4 Å². The van der Waals surface area contributed by atoms with E-state index in [0.29, 0.717) is 11.5 Å². The van der Waals surface area contributed by atoms with Gasteiger partial charge in [-0.2, -0.15) is 0 Å². The standard InChI is InChI=1S/C22H23NO3S/c1-16-8-10-20(11-9-16)27(24,25)23-14-19-15-26-17(2)21(19)12-13-22(23)18-6-4-3-5-7-18/h3-14,17,21-22H,15H2,1-2H3/t17-,21-,22+/m0/s1. The second kappa shape index (κ2) is 6.98. The lowest BCUT2D eigenvalue weighted by molar-refractivity contribution is 0.115. The van der Waals surface area contributed by atoms with Gasteiger partial charge in [0.1, 0.15) is 0 Å². The van der Waals surface area contributed by atoms with Gasteiger partial charge in [0.25, 0.3) is 10.0 Å². The van der Waals surface area contributed by atoms with E-state index in [9.17, 15) is 8.42 Å². The lowest BCUT2D eigenvalue weighted by Crippen LogP contribution is -2.29. The zero-order valence-corrected chi connectivity index (χ0v) is 16.3. The summed E-state index contributed by atoms with van der Waals surface area (Å²) in [7, 11) is -3.71. The average Bonchev–Trinajstić information content (AvgIpc) is 2.90. The fraction of sp³-hybridized carbons (Fsp3) is 0.273. The first kappa shape index (κ1) is 18.0. The van der Waals surface area contributed by atoms with Crippen LogP contribution in [0.2, 0.25) is 0 Å². The number of aryl methyl sites for hydroxylation is 1. The first-order valence-corrected chi connectivity index (χ1v) is 10.6. The van der Waals surface area contributed by atoms with E-state index in [4.69, 9.17) is 4.74 Å². The number of nitrogens with zero attached hydrogens (tertiary/aromatic N) is 1. The smallest absolute Gasteiger partial charge is 0.264 e. The number of fused-ring (bicyclic) bond motifs is 1. The summed E-state index contributed by atoms with van der Waals surface area (Å²) < 4.78 is 34.2. The van der Waals surface area contributed by atoms with Crippen molar-refractivity contribution in [2.24, 2.45) is 5.92 Å². The van der Waals surface area contributed by atoms with Gasteiger partial charge in [0.05, 0.1) is 23.6 Å². The Morgan fingerprint density at radius 3 is 2.41 bits per heavy atom. The first-order valence-electron chi connectivity index (χ1n) is 9.12. The molecule has 27 heavy (non-hydrogen) atoms. The van der Waals surface area contributed by atoms with Gasteiger partial charge in [-0.3, -0.25) is 4.31 Å². The first-order chi connectivity index (χ1) is 13.0. The summed E-state index contributed by atoms with van der Waals surface area (Å²) in [5.74, 6) is 0.106.